The summed E-state index contributed by atoms with van der Waals surface area (Å²) in [6.45, 7) is 2.13. The quantitative estimate of drug-likeness (QED) is 0.489. The molecule has 0 spiro atoms. The van der Waals surface area contributed by atoms with Gasteiger partial charge in [-0.2, -0.15) is 0 Å². The first-order valence-electron chi connectivity index (χ1n) is 1.47. The molecule has 0 radical (unpaired) electrons. The Hall–Kier alpha value is 0.480. The second-order valence-electron chi connectivity index (χ2n) is 0.689. The lowest BCUT2D eigenvalue weighted by atomic mass is 10.6. The Bertz CT molecular complexity index is 5.61. The van der Waals surface area contributed by atoms with Crippen molar-refractivity contribution in [3.63, 3.8) is 0 Å². The molecule has 0 saturated carbocycles. The van der Waals surface area contributed by atoms with Crippen molar-refractivity contribution in [3.8, 4) is 0 Å². The Morgan fingerprint density at radius 2 is 1.80 bits per heavy atom. The molecular weight excluding hydrogens is 128 g/mol. The molecule has 0 aliphatic heterocycles. The highest BCUT2D eigenvalue weighted by Gasteiger charge is 1.58. The molecule has 0 bridgehead atoms. The summed E-state index contributed by atoms with van der Waals surface area (Å²) in [7, 11) is 0. The second kappa shape index (κ2) is 8.82. The predicted octanol–water partition coefficient (Wildman–Crippen LogP) is 2.43. The Labute approximate surface area is 42.7 Å². The van der Waals surface area contributed by atoms with Gasteiger partial charge in [-0.1, -0.05) is 30.3 Å². The van der Waals surface area contributed by atoms with E-state index in [2.05, 4.69) is 22.9 Å². The molecule has 0 atom stereocenters. The normalized spacial score (nSPS) is 6.00. The molecule has 0 aliphatic rings. The van der Waals surface area contributed by atoms with E-state index >= 15 is 0 Å². The van der Waals surface area contributed by atoms with Crippen molar-refractivity contribution >= 4 is 15.9 Å². The predicted molar refractivity (Wildman–Crippen MR) is 30.8 cm³/mol. The summed E-state index contributed by atoms with van der Waals surface area (Å²) in [6.07, 6.45) is 1.24. The van der Waals surface area contributed by atoms with Crippen LogP contribution in [0.2, 0.25) is 0 Å². The third-order valence-electron chi connectivity index (χ3n) is 0.189. The van der Waals surface area contributed by atoms with E-state index in [1.54, 1.807) is 0 Å². The average Bonchev–Trinajstić information content (AvgIpc) is 1.37. The first-order chi connectivity index (χ1) is 1.91. The van der Waals surface area contributed by atoms with Crippen molar-refractivity contribution in [1.29, 1.82) is 0 Å². The lowest BCUT2D eigenvalue weighted by Gasteiger charge is -1.66. The van der Waals surface area contributed by atoms with E-state index in [-0.39, 0.29) is 7.43 Å². The fourth-order valence-electron chi connectivity index (χ4n) is 0. The van der Waals surface area contributed by atoms with Crippen molar-refractivity contribution in [2.24, 2.45) is 0 Å². The monoisotopic (exact) mass is 138 g/mol. The molecule has 0 saturated heterocycles. The lowest BCUT2D eigenvalue weighted by molar-refractivity contribution is 1.12. The molecule has 0 fully saturated rings. The first-order valence-corrected chi connectivity index (χ1v) is 2.60. The van der Waals surface area contributed by atoms with Gasteiger partial charge < -0.3 is 0 Å². The molecule has 0 aromatic heterocycles. The minimum absolute atomic E-state index is 0. The van der Waals surface area contributed by atoms with Crippen molar-refractivity contribution in [1.82, 2.24) is 0 Å². The van der Waals surface area contributed by atoms with Crippen LogP contribution in [0.4, 0.5) is 0 Å². The minimum atomic E-state index is 0. The summed E-state index contributed by atoms with van der Waals surface area (Å²) in [6, 6.07) is 0. The zero-order valence-electron chi connectivity index (χ0n) is 2.79. The molecule has 0 N–H and O–H groups in total. The Balaban J connectivity index is 0. The summed E-state index contributed by atoms with van der Waals surface area (Å²) >= 11 is 3.25. The number of alkyl halides is 1. The molecule has 0 nitrogen and oxygen atoms in total. The van der Waals surface area contributed by atoms with Gasteiger partial charge in [-0.3, -0.25) is 0 Å². The molecule has 34 valence electrons. The third kappa shape index (κ3) is 12.6. The smallest absolute Gasteiger partial charge is 0.00286 e. The molecule has 0 aliphatic carbocycles. The van der Waals surface area contributed by atoms with Crippen LogP contribution in [0.1, 0.15) is 20.8 Å². The van der Waals surface area contributed by atoms with E-state index in [1.165, 1.54) is 6.42 Å². The van der Waals surface area contributed by atoms with Crippen LogP contribution in [-0.2, 0) is 0 Å². The van der Waals surface area contributed by atoms with E-state index in [9.17, 15) is 0 Å². The summed E-state index contributed by atoms with van der Waals surface area (Å²) in [4.78, 5) is 0. The molecule has 1 heteroatoms. The van der Waals surface area contributed by atoms with Crippen LogP contribution in [-0.4, -0.2) is 5.33 Å². The SMILES string of the molecule is C.CCCBr. The van der Waals surface area contributed by atoms with Gasteiger partial charge in [0, 0.05) is 5.33 Å². The number of hydrogen-bond acceptors (Lipinski definition) is 0. The highest BCUT2D eigenvalue weighted by atomic mass is 79.9. The standard InChI is InChI=1S/C3H7Br.CH4/c1-2-3-4;/h2-3H2,1H3;1H4. The molecule has 0 aromatic carbocycles. The van der Waals surface area contributed by atoms with E-state index < -0.39 is 0 Å². The van der Waals surface area contributed by atoms with Crippen molar-refractivity contribution < 1.29 is 0 Å². The maximum absolute atomic E-state index is 3.25. The number of hydrogen-bond donors (Lipinski definition) is 0. The third-order valence-corrected chi connectivity index (χ3v) is 0.982. The van der Waals surface area contributed by atoms with E-state index in [4.69, 9.17) is 0 Å². The summed E-state index contributed by atoms with van der Waals surface area (Å²) in [5.74, 6) is 0. The minimum Gasteiger partial charge on any atom is -0.0928 e. The molecule has 0 aromatic rings. The van der Waals surface area contributed by atoms with Crippen molar-refractivity contribution in [2.75, 3.05) is 5.33 Å². The van der Waals surface area contributed by atoms with E-state index in [0.717, 1.165) is 5.33 Å². The zero-order valence-corrected chi connectivity index (χ0v) is 4.38. The van der Waals surface area contributed by atoms with Gasteiger partial charge in [0.15, 0.2) is 0 Å². The molecule has 0 unspecified atom stereocenters. The van der Waals surface area contributed by atoms with Gasteiger partial charge in [0.2, 0.25) is 0 Å². The van der Waals surface area contributed by atoms with E-state index in [0.29, 0.717) is 0 Å². The zero-order chi connectivity index (χ0) is 3.41. The number of rotatable bonds is 1. The highest BCUT2D eigenvalue weighted by Crippen LogP contribution is 1.80. The fraction of sp³-hybridized carbons (Fsp3) is 1.00. The van der Waals surface area contributed by atoms with Crippen LogP contribution < -0.4 is 0 Å². The van der Waals surface area contributed by atoms with Gasteiger partial charge in [0.25, 0.3) is 0 Å². The van der Waals surface area contributed by atoms with Gasteiger partial charge in [0.1, 0.15) is 0 Å². The van der Waals surface area contributed by atoms with Crippen LogP contribution in [0.5, 0.6) is 0 Å². The summed E-state index contributed by atoms with van der Waals surface area (Å²) in [5.41, 5.74) is 0. The van der Waals surface area contributed by atoms with Crippen molar-refractivity contribution in [2.45, 2.75) is 20.8 Å². The molecule has 5 heavy (non-hydrogen) atoms. The van der Waals surface area contributed by atoms with Crippen LogP contribution >= 0.6 is 15.9 Å². The summed E-state index contributed by atoms with van der Waals surface area (Å²) < 4.78 is 0. The molecular formula is C4H11Br. The van der Waals surface area contributed by atoms with Gasteiger partial charge >= 0.3 is 0 Å². The first kappa shape index (κ1) is 9.08. The van der Waals surface area contributed by atoms with Gasteiger partial charge in [-0.25, -0.2) is 0 Å². The topological polar surface area (TPSA) is 0 Å². The second-order valence-corrected chi connectivity index (χ2v) is 1.48. The Kier molecular flexibility index (Phi) is 16.0. The highest BCUT2D eigenvalue weighted by molar-refractivity contribution is 9.09. The Morgan fingerprint density at radius 3 is 1.80 bits per heavy atom. The average molecular weight is 139 g/mol. The largest absolute Gasteiger partial charge is 0.0928 e. The van der Waals surface area contributed by atoms with Gasteiger partial charge in [-0.05, 0) is 6.42 Å². The van der Waals surface area contributed by atoms with Crippen molar-refractivity contribution in [3.05, 3.63) is 0 Å². The molecule has 0 amide bonds. The van der Waals surface area contributed by atoms with Gasteiger partial charge in [0.05, 0.1) is 0 Å². The maximum atomic E-state index is 3.25. The lowest BCUT2D eigenvalue weighted by Crippen LogP contribution is -1.54. The van der Waals surface area contributed by atoms with Crippen LogP contribution in [0.3, 0.4) is 0 Å². The summed E-state index contributed by atoms with van der Waals surface area (Å²) in [5, 5.41) is 1.13. The van der Waals surface area contributed by atoms with Crippen LogP contribution in [0.15, 0.2) is 0 Å². The maximum Gasteiger partial charge on any atom is 0.00286 e. The molecule has 0 heterocycles. The number of halogens is 1. The van der Waals surface area contributed by atoms with Gasteiger partial charge in [-0.15, -0.1) is 0 Å². The molecule has 0 rings (SSSR count). The van der Waals surface area contributed by atoms with Crippen LogP contribution in [0.25, 0.3) is 0 Å². The van der Waals surface area contributed by atoms with E-state index in [1.807, 2.05) is 0 Å². The Morgan fingerprint density at radius 1 is 1.60 bits per heavy atom. The van der Waals surface area contributed by atoms with Crippen LogP contribution in [0, 0.1) is 0 Å². The fourth-order valence-corrected chi connectivity index (χ4v) is 0.